The van der Waals surface area contributed by atoms with Gasteiger partial charge in [0, 0.05) is 17.6 Å². The summed E-state index contributed by atoms with van der Waals surface area (Å²) in [5.41, 5.74) is 1.65. The monoisotopic (exact) mass is 369 g/mol. The molecule has 1 aliphatic heterocycles. The molecular weight excluding hydrogens is 350 g/mol. The average Bonchev–Trinajstić information content (AvgIpc) is 3.04. The van der Waals surface area contributed by atoms with Crippen molar-refractivity contribution in [1.29, 1.82) is 0 Å². The molecule has 1 aromatic carbocycles. The normalized spacial score (nSPS) is 20.8. The first-order valence-electron chi connectivity index (χ1n) is 7.61. The van der Waals surface area contributed by atoms with Crippen molar-refractivity contribution in [2.75, 3.05) is 26.4 Å². The zero-order valence-corrected chi connectivity index (χ0v) is 15.2. The fourth-order valence-corrected chi connectivity index (χ4v) is 4.76. The first kappa shape index (κ1) is 17.3. The van der Waals surface area contributed by atoms with E-state index in [1.807, 2.05) is 43.3 Å². The molecule has 1 fully saturated rings. The second kappa shape index (κ2) is 6.79. The van der Waals surface area contributed by atoms with Gasteiger partial charge in [0.1, 0.15) is 0 Å². The number of aromatic nitrogens is 3. The molecule has 2 heterocycles. The van der Waals surface area contributed by atoms with Crippen LogP contribution in [-0.4, -0.2) is 65.1 Å². The van der Waals surface area contributed by atoms with Crippen molar-refractivity contribution in [3.8, 4) is 0 Å². The van der Waals surface area contributed by atoms with Gasteiger partial charge in [-0.1, -0.05) is 28.9 Å². The maximum absolute atomic E-state index is 12.2. The third kappa shape index (κ3) is 3.94. The maximum atomic E-state index is 12.2. The molecule has 1 saturated heterocycles. The van der Waals surface area contributed by atoms with Crippen molar-refractivity contribution in [2.24, 2.45) is 0 Å². The molecule has 0 amide bonds. The smallest absolute Gasteiger partial charge is 0.216 e. The Bertz CT molecular complexity index is 821. The van der Waals surface area contributed by atoms with Crippen LogP contribution in [0, 0.1) is 0 Å². The van der Waals surface area contributed by atoms with Crippen LogP contribution < -0.4 is 0 Å². The van der Waals surface area contributed by atoms with Crippen molar-refractivity contribution < 1.29 is 8.42 Å². The molecule has 1 aliphatic rings. The molecular formula is C15H20ClN5O2S. The summed E-state index contributed by atoms with van der Waals surface area (Å²) in [5.74, 6) is 0.149. The molecule has 1 aromatic heterocycles. The van der Waals surface area contributed by atoms with Gasteiger partial charge in [-0.15, -0.1) is 5.10 Å². The highest BCUT2D eigenvalue weighted by Gasteiger charge is 2.37. The minimum Gasteiger partial charge on any atom is -0.304 e. The Balaban J connectivity index is 1.68. The number of hydrogen-bond donors (Lipinski definition) is 0. The van der Waals surface area contributed by atoms with Gasteiger partial charge >= 0.3 is 0 Å². The van der Waals surface area contributed by atoms with Crippen LogP contribution in [0.15, 0.2) is 30.5 Å². The summed E-state index contributed by atoms with van der Waals surface area (Å²) >= 11 is 5.98. The summed E-state index contributed by atoms with van der Waals surface area (Å²) in [7, 11) is 0.550. The Kier molecular flexibility index (Phi) is 4.91. The first-order valence-corrected chi connectivity index (χ1v) is 9.60. The van der Waals surface area contributed by atoms with Gasteiger partial charge in [-0.05, 0) is 31.8 Å². The Morgan fingerprint density at radius 1 is 1.33 bits per heavy atom. The van der Waals surface area contributed by atoms with Crippen LogP contribution in [0.5, 0.6) is 0 Å². The number of benzene rings is 1. The lowest BCUT2D eigenvalue weighted by atomic mass is 10.2. The van der Waals surface area contributed by atoms with Gasteiger partial charge in [0.15, 0.2) is 0 Å². The van der Waals surface area contributed by atoms with E-state index in [-0.39, 0.29) is 18.3 Å². The van der Waals surface area contributed by atoms with Gasteiger partial charge in [0.2, 0.25) is 10.0 Å². The fourth-order valence-electron chi connectivity index (χ4n) is 2.72. The number of rotatable bonds is 5. The molecule has 0 aliphatic carbocycles. The quantitative estimate of drug-likeness (QED) is 0.788. The second-order valence-electron chi connectivity index (χ2n) is 6.23. The summed E-state index contributed by atoms with van der Waals surface area (Å²) in [6.45, 7) is 1.28. The SMILES string of the molecule is CN(C)C1CN(Cc2cn(Cc3cccc(Cl)c3)nn2)S(=O)(=O)C1. The average molecular weight is 370 g/mol. The molecule has 0 spiro atoms. The molecule has 24 heavy (non-hydrogen) atoms. The van der Waals surface area contributed by atoms with E-state index >= 15 is 0 Å². The Morgan fingerprint density at radius 3 is 2.79 bits per heavy atom. The summed E-state index contributed by atoms with van der Waals surface area (Å²) in [4.78, 5) is 1.94. The third-order valence-electron chi connectivity index (χ3n) is 4.10. The van der Waals surface area contributed by atoms with Crippen molar-refractivity contribution >= 4 is 21.6 Å². The highest BCUT2D eigenvalue weighted by Crippen LogP contribution is 2.19. The van der Waals surface area contributed by atoms with Gasteiger partial charge in [-0.3, -0.25) is 0 Å². The Hall–Kier alpha value is -1.48. The molecule has 0 bridgehead atoms. The van der Waals surface area contributed by atoms with Crippen molar-refractivity contribution in [3.05, 3.63) is 46.7 Å². The molecule has 0 radical (unpaired) electrons. The largest absolute Gasteiger partial charge is 0.304 e. The van der Waals surface area contributed by atoms with Gasteiger partial charge in [-0.2, -0.15) is 4.31 Å². The minimum absolute atomic E-state index is 0.0107. The molecule has 1 atom stereocenters. The molecule has 1 unspecified atom stereocenters. The molecule has 0 saturated carbocycles. The van der Waals surface area contributed by atoms with Crippen LogP contribution in [0.2, 0.25) is 5.02 Å². The highest BCUT2D eigenvalue weighted by molar-refractivity contribution is 7.89. The molecule has 0 N–H and O–H groups in total. The summed E-state index contributed by atoms with van der Waals surface area (Å²) in [6, 6.07) is 7.54. The number of sulfonamides is 1. The maximum Gasteiger partial charge on any atom is 0.216 e. The predicted octanol–water partition coefficient (Wildman–Crippen LogP) is 1.06. The van der Waals surface area contributed by atoms with Crippen LogP contribution in [0.25, 0.3) is 0 Å². The van der Waals surface area contributed by atoms with E-state index in [1.54, 1.807) is 10.9 Å². The van der Waals surface area contributed by atoms with E-state index in [0.717, 1.165) is 5.56 Å². The molecule has 9 heteroatoms. The van der Waals surface area contributed by atoms with Crippen molar-refractivity contribution in [1.82, 2.24) is 24.2 Å². The van der Waals surface area contributed by atoms with Gasteiger partial charge < -0.3 is 4.90 Å². The van der Waals surface area contributed by atoms with E-state index in [1.165, 1.54) is 4.31 Å². The molecule has 3 rings (SSSR count). The summed E-state index contributed by atoms with van der Waals surface area (Å²) < 4.78 is 27.7. The standard InChI is InChI=1S/C15H20ClN5O2S/c1-19(2)15-10-21(24(22,23)11-15)9-14-8-20(18-17-14)7-12-4-3-5-13(16)6-12/h3-6,8,15H,7,9-11H2,1-2H3. The minimum atomic E-state index is -3.24. The van der Waals surface area contributed by atoms with Crippen LogP contribution in [-0.2, 0) is 23.1 Å². The van der Waals surface area contributed by atoms with Gasteiger partial charge in [0.25, 0.3) is 0 Å². The van der Waals surface area contributed by atoms with Crippen molar-refractivity contribution in [3.63, 3.8) is 0 Å². The fraction of sp³-hybridized carbons (Fsp3) is 0.467. The van der Waals surface area contributed by atoms with E-state index in [9.17, 15) is 8.42 Å². The van der Waals surface area contributed by atoms with Crippen LogP contribution in [0.3, 0.4) is 0 Å². The van der Waals surface area contributed by atoms with Gasteiger partial charge in [0.05, 0.1) is 30.7 Å². The summed E-state index contributed by atoms with van der Waals surface area (Å²) in [6.07, 6.45) is 1.78. The van der Waals surface area contributed by atoms with E-state index in [0.29, 0.717) is 23.8 Å². The number of nitrogens with zero attached hydrogens (tertiary/aromatic N) is 5. The number of halogens is 1. The van der Waals surface area contributed by atoms with Crippen LogP contribution in [0.1, 0.15) is 11.3 Å². The molecule has 7 nitrogen and oxygen atoms in total. The topological polar surface area (TPSA) is 71.3 Å². The predicted molar refractivity (Wildman–Crippen MR) is 92.2 cm³/mol. The van der Waals surface area contributed by atoms with Gasteiger partial charge in [-0.25, -0.2) is 13.1 Å². The Morgan fingerprint density at radius 2 is 2.12 bits per heavy atom. The van der Waals surface area contributed by atoms with Crippen molar-refractivity contribution in [2.45, 2.75) is 19.1 Å². The van der Waals surface area contributed by atoms with Crippen LogP contribution in [0.4, 0.5) is 0 Å². The Labute approximate surface area is 146 Å². The number of likely N-dealkylation sites (N-methyl/N-ethyl adjacent to an activating group) is 1. The van der Waals surface area contributed by atoms with E-state index in [4.69, 9.17) is 11.6 Å². The van der Waals surface area contributed by atoms with E-state index < -0.39 is 10.0 Å². The lowest BCUT2D eigenvalue weighted by molar-refractivity contribution is 0.284. The second-order valence-corrected chi connectivity index (χ2v) is 8.68. The molecule has 2 aromatic rings. The van der Waals surface area contributed by atoms with E-state index in [2.05, 4.69) is 10.3 Å². The number of hydrogen-bond acceptors (Lipinski definition) is 5. The molecule has 130 valence electrons. The highest BCUT2D eigenvalue weighted by atomic mass is 35.5. The first-order chi connectivity index (χ1) is 11.3. The summed E-state index contributed by atoms with van der Waals surface area (Å²) in [5, 5.41) is 8.84. The lowest BCUT2D eigenvalue weighted by Crippen LogP contribution is -2.32. The zero-order chi connectivity index (χ0) is 17.3. The van der Waals surface area contributed by atoms with Crippen LogP contribution >= 0.6 is 11.6 Å². The lowest BCUT2D eigenvalue weighted by Gasteiger charge is -2.17. The zero-order valence-electron chi connectivity index (χ0n) is 13.6. The third-order valence-corrected chi connectivity index (χ3v) is 6.21.